The van der Waals surface area contributed by atoms with E-state index in [9.17, 15) is 4.79 Å². The fourth-order valence-electron chi connectivity index (χ4n) is 1.66. The molecule has 1 rings (SSSR count). The summed E-state index contributed by atoms with van der Waals surface area (Å²) in [5.74, 6) is 0.260. The maximum Gasteiger partial charge on any atom is 0.271 e. The van der Waals surface area contributed by atoms with Gasteiger partial charge in [-0.1, -0.05) is 32.4 Å². The van der Waals surface area contributed by atoms with Crippen LogP contribution in [0.1, 0.15) is 52.0 Å². The van der Waals surface area contributed by atoms with Crippen molar-refractivity contribution in [3.63, 3.8) is 0 Å². The fourth-order valence-corrected chi connectivity index (χ4v) is 1.83. The Morgan fingerprint density at radius 3 is 2.43 bits per heavy atom. The highest BCUT2D eigenvalue weighted by atomic mass is 35.5. The first kappa shape index (κ1) is 17.7. The average molecular weight is 313 g/mol. The van der Waals surface area contributed by atoms with Crippen LogP contribution in [0.3, 0.4) is 0 Å². The van der Waals surface area contributed by atoms with Crippen molar-refractivity contribution >= 4 is 23.5 Å². The first-order valence-electron chi connectivity index (χ1n) is 7.29. The van der Waals surface area contributed by atoms with Gasteiger partial charge in [0.1, 0.15) is 0 Å². The van der Waals surface area contributed by atoms with Gasteiger partial charge in [0.05, 0.1) is 11.2 Å². The van der Waals surface area contributed by atoms with Crippen LogP contribution in [0.15, 0.2) is 6.20 Å². The molecule has 1 unspecified atom stereocenters. The van der Waals surface area contributed by atoms with Gasteiger partial charge < -0.3 is 10.2 Å². The highest BCUT2D eigenvalue weighted by Crippen LogP contribution is 2.21. The van der Waals surface area contributed by atoms with Crippen molar-refractivity contribution in [3.8, 4) is 0 Å². The molecule has 5 nitrogen and oxygen atoms in total. The Morgan fingerprint density at radius 2 is 1.95 bits per heavy atom. The molecule has 0 aliphatic rings. The van der Waals surface area contributed by atoms with Gasteiger partial charge in [-0.3, -0.25) is 4.79 Å². The lowest BCUT2D eigenvalue weighted by Crippen LogP contribution is -2.42. The van der Waals surface area contributed by atoms with E-state index in [1.165, 1.54) is 6.20 Å². The minimum Gasteiger partial charge on any atom is -0.348 e. The number of rotatable bonds is 5. The second-order valence-electron chi connectivity index (χ2n) is 6.10. The van der Waals surface area contributed by atoms with Crippen LogP contribution in [0.5, 0.6) is 0 Å². The Balaban J connectivity index is 3.01. The molecular weight excluding hydrogens is 288 g/mol. The number of hydrogen-bond donors (Lipinski definition) is 1. The molecular formula is C15H25ClN4O. The van der Waals surface area contributed by atoms with Gasteiger partial charge >= 0.3 is 0 Å². The third-order valence-corrected chi connectivity index (χ3v) is 3.92. The van der Waals surface area contributed by atoms with E-state index in [0.717, 1.165) is 13.1 Å². The second kappa shape index (κ2) is 7.07. The molecule has 21 heavy (non-hydrogen) atoms. The normalized spacial score (nSPS) is 12.9. The summed E-state index contributed by atoms with van der Waals surface area (Å²) in [5.41, 5.74) is 0.196. The van der Waals surface area contributed by atoms with Gasteiger partial charge in [-0.2, -0.15) is 0 Å². The minimum absolute atomic E-state index is 0.00735. The first-order chi connectivity index (χ1) is 9.70. The van der Waals surface area contributed by atoms with Crippen LogP contribution in [-0.4, -0.2) is 35.0 Å². The Bertz CT molecular complexity index is 495. The van der Waals surface area contributed by atoms with Gasteiger partial charge in [0.2, 0.25) is 5.95 Å². The molecule has 0 aliphatic heterocycles. The monoisotopic (exact) mass is 312 g/mol. The van der Waals surface area contributed by atoms with E-state index < -0.39 is 0 Å². The molecule has 1 atom stereocenters. The predicted octanol–water partition coefficient (Wildman–Crippen LogP) is 3.14. The van der Waals surface area contributed by atoms with Crippen LogP contribution >= 0.6 is 11.6 Å². The lowest BCUT2D eigenvalue weighted by molar-refractivity contribution is 0.0905. The van der Waals surface area contributed by atoms with E-state index in [1.807, 2.05) is 25.7 Å². The topological polar surface area (TPSA) is 58.1 Å². The Labute approximate surface area is 132 Å². The highest BCUT2D eigenvalue weighted by molar-refractivity contribution is 6.33. The molecule has 1 amide bonds. The summed E-state index contributed by atoms with van der Waals surface area (Å²) < 4.78 is 0. The van der Waals surface area contributed by atoms with Crippen molar-refractivity contribution in [2.75, 3.05) is 18.0 Å². The Hall–Kier alpha value is -1.36. The molecule has 1 aromatic rings. The van der Waals surface area contributed by atoms with Crippen molar-refractivity contribution in [3.05, 3.63) is 16.9 Å². The molecule has 1 heterocycles. The van der Waals surface area contributed by atoms with Crippen LogP contribution in [0.25, 0.3) is 0 Å². The van der Waals surface area contributed by atoms with Gasteiger partial charge in [0.15, 0.2) is 5.69 Å². The lowest BCUT2D eigenvalue weighted by atomic mass is 9.88. The zero-order valence-corrected chi connectivity index (χ0v) is 14.5. The van der Waals surface area contributed by atoms with Crippen molar-refractivity contribution in [1.82, 2.24) is 15.3 Å². The van der Waals surface area contributed by atoms with Crippen molar-refractivity contribution in [2.24, 2.45) is 5.41 Å². The van der Waals surface area contributed by atoms with E-state index >= 15 is 0 Å². The van der Waals surface area contributed by atoms with E-state index in [4.69, 9.17) is 11.6 Å². The summed E-state index contributed by atoms with van der Waals surface area (Å²) in [6.07, 6.45) is 1.48. The number of nitrogens with one attached hydrogen (secondary N) is 1. The van der Waals surface area contributed by atoms with Crippen LogP contribution in [0.4, 0.5) is 5.95 Å². The molecule has 6 heteroatoms. The molecule has 0 bridgehead atoms. The quantitative estimate of drug-likeness (QED) is 0.907. The van der Waals surface area contributed by atoms with Crippen LogP contribution < -0.4 is 10.2 Å². The number of aromatic nitrogens is 2. The number of nitrogens with zero attached hydrogens (tertiary/aromatic N) is 3. The molecule has 0 saturated heterocycles. The Morgan fingerprint density at radius 1 is 1.38 bits per heavy atom. The SMILES string of the molecule is CCN(CC)c1ncc(Cl)c(C(=O)NC(C)C(C)(C)C)n1. The zero-order chi connectivity index (χ0) is 16.2. The maximum atomic E-state index is 12.4. The molecule has 0 fully saturated rings. The summed E-state index contributed by atoms with van der Waals surface area (Å²) in [6, 6.07) is 0.00735. The Kier molecular flexibility index (Phi) is 5.96. The summed E-state index contributed by atoms with van der Waals surface area (Å²) in [5, 5.41) is 3.22. The minimum atomic E-state index is -0.266. The number of amides is 1. The smallest absolute Gasteiger partial charge is 0.271 e. The van der Waals surface area contributed by atoms with Gasteiger partial charge in [-0.25, -0.2) is 9.97 Å². The molecule has 0 aromatic carbocycles. The van der Waals surface area contributed by atoms with Gasteiger partial charge in [-0.15, -0.1) is 0 Å². The van der Waals surface area contributed by atoms with Gasteiger partial charge in [0, 0.05) is 19.1 Å². The van der Waals surface area contributed by atoms with Crippen molar-refractivity contribution < 1.29 is 4.79 Å². The summed E-state index contributed by atoms with van der Waals surface area (Å²) in [4.78, 5) is 22.9. The van der Waals surface area contributed by atoms with Crippen LogP contribution in [0.2, 0.25) is 5.02 Å². The lowest BCUT2D eigenvalue weighted by Gasteiger charge is -2.28. The van der Waals surface area contributed by atoms with Crippen molar-refractivity contribution in [2.45, 2.75) is 47.6 Å². The predicted molar refractivity (Wildman–Crippen MR) is 87.0 cm³/mol. The standard InChI is InChI=1S/C15H25ClN4O/c1-7-20(8-2)14-17-9-11(16)12(19-14)13(21)18-10(3)15(4,5)6/h9-10H,7-8H2,1-6H3,(H,18,21). The van der Waals surface area contributed by atoms with E-state index in [0.29, 0.717) is 5.95 Å². The number of halogens is 1. The maximum absolute atomic E-state index is 12.4. The van der Waals surface area contributed by atoms with E-state index in [2.05, 4.69) is 36.1 Å². The number of hydrogen-bond acceptors (Lipinski definition) is 4. The van der Waals surface area contributed by atoms with Gasteiger partial charge in [-0.05, 0) is 26.2 Å². The third-order valence-electron chi connectivity index (χ3n) is 3.64. The summed E-state index contributed by atoms with van der Waals surface area (Å²) >= 11 is 6.08. The molecule has 0 saturated carbocycles. The second-order valence-corrected chi connectivity index (χ2v) is 6.51. The molecule has 0 spiro atoms. The molecule has 1 aromatic heterocycles. The molecule has 118 valence electrons. The van der Waals surface area contributed by atoms with E-state index in [-0.39, 0.29) is 28.1 Å². The largest absolute Gasteiger partial charge is 0.348 e. The third kappa shape index (κ3) is 4.56. The first-order valence-corrected chi connectivity index (χ1v) is 7.66. The number of carbonyl (C=O) groups excluding carboxylic acids is 1. The van der Waals surface area contributed by atoms with Crippen LogP contribution in [-0.2, 0) is 0 Å². The average Bonchev–Trinajstić information content (AvgIpc) is 2.40. The number of carbonyl (C=O) groups is 1. The van der Waals surface area contributed by atoms with E-state index in [1.54, 1.807) is 0 Å². The molecule has 0 radical (unpaired) electrons. The molecule has 0 aliphatic carbocycles. The van der Waals surface area contributed by atoms with Crippen LogP contribution in [0, 0.1) is 5.41 Å². The molecule has 1 N–H and O–H groups in total. The summed E-state index contributed by atoms with van der Waals surface area (Å²) in [6.45, 7) is 13.8. The summed E-state index contributed by atoms with van der Waals surface area (Å²) in [7, 11) is 0. The van der Waals surface area contributed by atoms with Gasteiger partial charge in [0.25, 0.3) is 5.91 Å². The fraction of sp³-hybridized carbons (Fsp3) is 0.667. The highest BCUT2D eigenvalue weighted by Gasteiger charge is 2.24. The number of anilines is 1. The van der Waals surface area contributed by atoms with Crippen molar-refractivity contribution in [1.29, 1.82) is 0 Å². The zero-order valence-electron chi connectivity index (χ0n) is 13.7.